The summed E-state index contributed by atoms with van der Waals surface area (Å²) >= 11 is 2.81. The Kier molecular flexibility index (Phi) is 5.63. The van der Waals surface area contributed by atoms with Crippen LogP contribution in [0.1, 0.15) is 16.1 Å². The van der Waals surface area contributed by atoms with Gasteiger partial charge >= 0.3 is 0 Å². The van der Waals surface area contributed by atoms with Gasteiger partial charge in [-0.05, 0) is 23.6 Å². The third kappa shape index (κ3) is 4.37. The maximum absolute atomic E-state index is 12.6. The summed E-state index contributed by atoms with van der Waals surface area (Å²) in [7, 11) is 0. The van der Waals surface area contributed by atoms with E-state index in [1.54, 1.807) is 17.6 Å². The lowest BCUT2D eigenvalue weighted by Gasteiger charge is -2.35. The highest BCUT2D eigenvalue weighted by atomic mass is 32.1. The molecule has 3 aromatic rings. The van der Waals surface area contributed by atoms with Crippen molar-refractivity contribution in [3.05, 3.63) is 57.9 Å². The summed E-state index contributed by atoms with van der Waals surface area (Å²) < 4.78 is 0. The first-order chi connectivity index (χ1) is 13.7. The molecule has 0 atom stereocenters. The van der Waals surface area contributed by atoms with E-state index in [1.165, 1.54) is 22.7 Å². The van der Waals surface area contributed by atoms with E-state index >= 15 is 0 Å². The first kappa shape index (κ1) is 18.6. The molecule has 1 aliphatic rings. The van der Waals surface area contributed by atoms with E-state index in [0.717, 1.165) is 18.9 Å². The Bertz CT molecular complexity index is 934. The maximum atomic E-state index is 12.6. The second-order valence-electron chi connectivity index (χ2n) is 6.34. The molecule has 1 aliphatic heterocycles. The number of nitrogens with zero attached hydrogens (tertiary/aromatic N) is 4. The zero-order valence-corrected chi connectivity index (χ0v) is 16.7. The quantitative estimate of drug-likeness (QED) is 0.696. The van der Waals surface area contributed by atoms with Gasteiger partial charge in [0.05, 0.1) is 17.7 Å². The number of hydrogen-bond acceptors (Lipinski definition) is 7. The molecule has 4 rings (SSSR count). The Labute approximate surface area is 170 Å². The van der Waals surface area contributed by atoms with Gasteiger partial charge in [0.25, 0.3) is 5.91 Å². The topological polar surface area (TPSA) is 78.4 Å². The highest BCUT2D eigenvalue weighted by Crippen LogP contribution is 2.19. The molecule has 1 fully saturated rings. The summed E-state index contributed by atoms with van der Waals surface area (Å²) in [5.74, 6) is 0.820. The molecule has 0 saturated carbocycles. The summed E-state index contributed by atoms with van der Waals surface area (Å²) in [6, 6.07) is 7.62. The van der Waals surface area contributed by atoms with Gasteiger partial charge in [0.2, 0.25) is 5.91 Å². The van der Waals surface area contributed by atoms with E-state index < -0.39 is 0 Å². The maximum Gasteiger partial charge on any atom is 0.258 e. The Hall–Kier alpha value is -2.78. The van der Waals surface area contributed by atoms with Crippen LogP contribution in [0.5, 0.6) is 0 Å². The van der Waals surface area contributed by atoms with Crippen molar-refractivity contribution >= 4 is 45.4 Å². The largest absolute Gasteiger partial charge is 0.353 e. The molecule has 144 valence electrons. The second kappa shape index (κ2) is 8.49. The smallest absolute Gasteiger partial charge is 0.258 e. The third-order valence-electron chi connectivity index (χ3n) is 4.49. The van der Waals surface area contributed by atoms with Gasteiger partial charge in [-0.15, -0.1) is 11.3 Å². The minimum atomic E-state index is -0.181. The molecule has 0 bridgehead atoms. The number of pyridine rings is 1. The number of thiazole rings is 1. The van der Waals surface area contributed by atoms with E-state index in [2.05, 4.69) is 20.2 Å². The normalized spacial score (nSPS) is 14.1. The van der Waals surface area contributed by atoms with Crippen LogP contribution in [0.3, 0.4) is 0 Å². The van der Waals surface area contributed by atoms with Crippen molar-refractivity contribution in [3.8, 4) is 0 Å². The van der Waals surface area contributed by atoms with E-state index in [-0.39, 0.29) is 18.2 Å². The van der Waals surface area contributed by atoms with Crippen molar-refractivity contribution in [2.24, 2.45) is 0 Å². The Morgan fingerprint density at radius 1 is 1.11 bits per heavy atom. The van der Waals surface area contributed by atoms with Crippen molar-refractivity contribution in [2.75, 3.05) is 36.4 Å². The molecule has 4 heterocycles. The zero-order valence-electron chi connectivity index (χ0n) is 15.1. The highest BCUT2D eigenvalue weighted by Gasteiger charge is 2.22. The number of carbonyl (C=O) groups excluding carboxylic acids is 2. The summed E-state index contributed by atoms with van der Waals surface area (Å²) in [6.07, 6.45) is 2.03. The van der Waals surface area contributed by atoms with Crippen LogP contribution in [-0.2, 0) is 11.2 Å². The monoisotopic (exact) mass is 413 g/mol. The predicted octanol–water partition coefficient (Wildman–Crippen LogP) is 2.74. The fraction of sp³-hybridized carbons (Fsp3) is 0.263. The summed E-state index contributed by atoms with van der Waals surface area (Å²) in [4.78, 5) is 37.5. The van der Waals surface area contributed by atoms with Crippen LogP contribution in [0.4, 0.5) is 10.9 Å². The number of amides is 2. The van der Waals surface area contributed by atoms with Gasteiger partial charge in [-0.2, -0.15) is 11.3 Å². The minimum Gasteiger partial charge on any atom is -0.353 e. The van der Waals surface area contributed by atoms with Gasteiger partial charge in [0, 0.05) is 43.1 Å². The molecule has 0 radical (unpaired) electrons. The van der Waals surface area contributed by atoms with Crippen LogP contribution in [0.15, 0.2) is 46.6 Å². The average molecular weight is 414 g/mol. The lowest BCUT2D eigenvalue weighted by atomic mass is 10.2. The molecule has 1 saturated heterocycles. The molecule has 0 aromatic carbocycles. The number of aromatic nitrogens is 2. The average Bonchev–Trinajstić information content (AvgIpc) is 3.41. The van der Waals surface area contributed by atoms with Crippen LogP contribution < -0.4 is 10.2 Å². The van der Waals surface area contributed by atoms with Gasteiger partial charge in [-0.1, -0.05) is 6.07 Å². The molecule has 7 nitrogen and oxygen atoms in total. The van der Waals surface area contributed by atoms with Crippen LogP contribution >= 0.6 is 22.7 Å². The predicted molar refractivity (Wildman–Crippen MR) is 111 cm³/mol. The second-order valence-corrected chi connectivity index (χ2v) is 7.98. The Balaban J connectivity index is 1.29. The third-order valence-corrected chi connectivity index (χ3v) is 5.98. The molecule has 28 heavy (non-hydrogen) atoms. The van der Waals surface area contributed by atoms with Crippen LogP contribution in [0.2, 0.25) is 0 Å². The van der Waals surface area contributed by atoms with Crippen molar-refractivity contribution in [1.82, 2.24) is 14.9 Å². The van der Waals surface area contributed by atoms with E-state index in [0.29, 0.717) is 29.5 Å². The minimum absolute atomic E-state index is 0.0571. The fourth-order valence-electron chi connectivity index (χ4n) is 3.00. The number of nitrogens with one attached hydrogen (secondary N) is 1. The van der Waals surface area contributed by atoms with Gasteiger partial charge < -0.3 is 9.80 Å². The van der Waals surface area contributed by atoms with Crippen LogP contribution in [0, 0.1) is 0 Å². The molecule has 9 heteroatoms. The van der Waals surface area contributed by atoms with Gasteiger partial charge in [-0.3, -0.25) is 14.9 Å². The van der Waals surface area contributed by atoms with Gasteiger partial charge in [0.15, 0.2) is 5.13 Å². The molecule has 2 amide bonds. The fourth-order valence-corrected chi connectivity index (χ4v) is 4.34. The number of carbonyl (C=O) groups is 2. The lowest BCUT2D eigenvalue weighted by Crippen LogP contribution is -2.49. The van der Waals surface area contributed by atoms with Crippen molar-refractivity contribution in [1.29, 1.82) is 0 Å². The first-order valence-electron chi connectivity index (χ1n) is 8.91. The summed E-state index contributed by atoms with van der Waals surface area (Å²) in [6.45, 7) is 2.87. The number of hydrogen-bond donors (Lipinski definition) is 1. The standard InChI is InChI=1S/C19H19N5O2S2/c25-17(24-8-6-23(7-9-24)16-3-1-2-5-20-16)11-15-13-28-19(21-15)22-18(26)14-4-10-27-12-14/h1-5,10,12-13H,6-9,11H2,(H,21,22,26). The Morgan fingerprint density at radius 2 is 1.96 bits per heavy atom. The van der Waals surface area contributed by atoms with E-state index in [9.17, 15) is 9.59 Å². The SMILES string of the molecule is O=C(Nc1nc(CC(=O)N2CCN(c3ccccn3)CC2)cs1)c1ccsc1. The molecule has 0 unspecified atom stereocenters. The summed E-state index contributed by atoms with van der Waals surface area (Å²) in [5, 5.41) is 8.76. The van der Waals surface area contributed by atoms with Crippen LogP contribution in [0.25, 0.3) is 0 Å². The zero-order chi connectivity index (χ0) is 19.3. The van der Waals surface area contributed by atoms with Crippen molar-refractivity contribution < 1.29 is 9.59 Å². The molecular weight excluding hydrogens is 394 g/mol. The molecular formula is C19H19N5O2S2. The number of thiophene rings is 1. The number of anilines is 2. The highest BCUT2D eigenvalue weighted by molar-refractivity contribution is 7.14. The molecule has 3 aromatic heterocycles. The van der Waals surface area contributed by atoms with E-state index in [1.807, 2.05) is 33.9 Å². The van der Waals surface area contributed by atoms with E-state index in [4.69, 9.17) is 0 Å². The van der Waals surface area contributed by atoms with Crippen LogP contribution in [-0.4, -0.2) is 52.9 Å². The van der Waals surface area contributed by atoms with Crippen molar-refractivity contribution in [2.45, 2.75) is 6.42 Å². The Morgan fingerprint density at radius 3 is 2.68 bits per heavy atom. The first-order valence-corrected chi connectivity index (χ1v) is 10.7. The molecule has 0 spiro atoms. The van der Waals surface area contributed by atoms with Gasteiger partial charge in [-0.25, -0.2) is 9.97 Å². The summed E-state index contributed by atoms with van der Waals surface area (Å²) in [5.41, 5.74) is 1.30. The molecule has 0 aliphatic carbocycles. The van der Waals surface area contributed by atoms with Crippen molar-refractivity contribution in [3.63, 3.8) is 0 Å². The number of rotatable bonds is 5. The van der Waals surface area contributed by atoms with Gasteiger partial charge in [0.1, 0.15) is 5.82 Å². The lowest BCUT2D eigenvalue weighted by molar-refractivity contribution is -0.130. The molecule has 1 N–H and O–H groups in total. The number of piperazine rings is 1.